The molecule has 0 spiro atoms. The lowest BCUT2D eigenvalue weighted by atomic mass is 10.1. The van der Waals surface area contributed by atoms with Crippen molar-refractivity contribution in [2.24, 2.45) is 0 Å². The van der Waals surface area contributed by atoms with Gasteiger partial charge in [0.2, 0.25) is 17.8 Å². The van der Waals surface area contributed by atoms with Gasteiger partial charge in [0.25, 0.3) is 11.8 Å². The average Bonchev–Trinajstić information content (AvgIpc) is 3.18. The zero-order valence-corrected chi connectivity index (χ0v) is 18.1. The van der Waals surface area contributed by atoms with E-state index in [1.165, 1.54) is 7.05 Å². The summed E-state index contributed by atoms with van der Waals surface area (Å²) in [5, 5.41) is 11.7. The number of nitrogens with one attached hydrogen (secondary N) is 3. The highest BCUT2D eigenvalue weighted by molar-refractivity contribution is 5.97. The maximum Gasteiger partial charge on any atom is 0.287 e. The number of benzene rings is 2. The van der Waals surface area contributed by atoms with Gasteiger partial charge in [0.1, 0.15) is 17.2 Å². The smallest absolute Gasteiger partial charge is 0.287 e. The fraction of sp³-hybridized carbons (Fsp3) is 0.136. The Hall–Kier alpha value is -4.61. The standard InChI is InChI=1S/C22H21F2N7O3/c1-3-17(32)27-9-8-12-10-15(23)18(16(24)11-12)20(34)31-21(25)29-22(30-31)28-14-6-4-13(5-7-14)19(33)26-2/h3-7,10-11H,1,8-9H2,2H3,(H,26,33)(H,27,32)(H3,25,28,29,30). The largest absolute Gasteiger partial charge is 0.368 e. The molecule has 34 heavy (non-hydrogen) atoms. The van der Waals surface area contributed by atoms with Crippen molar-refractivity contribution < 1.29 is 23.2 Å². The van der Waals surface area contributed by atoms with Gasteiger partial charge in [-0.1, -0.05) is 6.58 Å². The number of hydrogen-bond donors (Lipinski definition) is 4. The first-order valence-electron chi connectivity index (χ1n) is 9.98. The molecule has 0 unspecified atom stereocenters. The van der Waals surface area contributed by atoms with E-state index in [0.29, 0.717) is 15.9 Å². The highest BCUT2D eigenvalue weighted by Crippen LogP contribution is 2.20. The highest BCUT2D eigenvalue weighted by Gasteiger charge is 2.24. The van der Waals surface area contributed by atoms with Gasteiger partial charge in [0, 0.05) is 24.8 Å². The zero-order chi connectivity index (χ0) is 24.8. The molecule has 2 aromatic carbocycles. The molecular formula is C22H21F2N7O3. The van der Waals surface area contributed by atoms with Crippen LogP contribution in [0.15, 0.2) is 49.1 Å². The minimum atomic E-state index is -1.14. The molecule has 12 heteroatoms. The Morgan fingerprint density at radius 2 is 1.79 bits per heavy atom. The quantitative estimate of drug-likeness (QED) is 0.368. The molecule has 0 aliphatic rings. The van der Waals surface area contributed by atoms with Crippen molar-refractivity contribution in [3.8, 4) is 0 Å². The molecular weight excluding hydrogens is 448 g/mol. The third-order valence-corrected chi connectivity index (χ3v) is 4.67. The third kappa shape index (κ3) is 5.41. The van der Waals surface area contributed by atoms with Crippen LogP contribution < -0.4 is 21.7 Å². The Balaban J connectivity index is 1.76. The summed E-state index contributed by atoms with van der Waals surface area (Å²) in [7, 11) is 1.51. The molecule has 2 amide bonds. The van der Waals surface area contributed by atoms with Gasteiger partial charge < -0.3 is 21.7 Å². The molecule has 0 aliphatic heterocycles. The molecule has 0 radical (unpaired) electrons. The Bertz CT molecular complexity index is 1230. The summed E-state index contributed by atoms with van der Waals surface area (Å²) >= 11 is 0. The number of nitrogens with zero attached hydrogens (tertiary/aromatic N) is 3. The predicted octanol–water partition coefficient (Wildman–Crippen LogP) is 1.77. The zero-order valence-electron chi connectivity index (χ0n) is 18.1. The number of aromatic nitrogens is 3. The number of anilines is 3. The second-order valence-electron chi connectivity index (χ2n) is 6.97. The molecule has 0 fully saturated rings. The van der Waals surface area contributed by atoms with Crippen molar-refractivity contribution in [3.05, 3.63) is 77.4 Å². The molecule has 0 atom stereocenters. The van der Waals surface area contributed by atoms with Crippen LogP contribution in [0.3, 0.4) is 0 Å². The van der Waals surface area contributed by atoms with E-state index in [9.17, 15) is 23.2 Å². The molecule has 176 valence electrons. The topological polar surface area (TPSA) is 144 Å². The summed E-state index contributed by atoms with van der Waals surface area (Å²) in [6, 6.07) is 8.27. The summed E-state index contributed by atoms with van der Waals surface area (Å²) in [6.07, 6.45) is 1.22. The first-order chi connectivity index (χ1) is 16.2. The molecule has 10 nitrogen and oxygen atoms in total. The van der Waals surface area contributed by atoms with Gasteiger partial charge in [-0.05, 0) is 54.5 Å². The Kier molecular flexibility index (Phi) is 7.31. The molecule has 1 heterocycles. The highest BCUT2D eigenvalue weighted by atomic mass is 19.1. The van der Waals surface area contributed by atoms with Gasteiger partial charge in [-0.25, -0.2) is 8.78 Å². The second-order valence-corrected chi connectivity index (χ2v) is 6.97. The monoisotopic (exact) mass is 469 g/mol. The summed E-state index contributed by atoms with van der Waals surface area (Å²) in [4.78, 5) is 39.4. The Morgan fingerprint density at radius 1 is 1.15 bits per heavy atom. The van der Waals surface area contributed by atoms with E-state index in [4.69, 9.17) is 5.73 Å². The lowest BCUT2D eigenvalue weighted by Crippen LogP contribution is -2.23. The first-order valence-corrected chi connectivity index (χ1v) is 9.98. The maximum atomic E-state index is 14.6. The molecule has 5 N–H and O–H groups in total. The average molecular weight is 469 g/mol. The van der Waals surface area contributed by atoms with Gasteiger partial charge in [-0.3, -0.25) is 14.4 Å². The molecule has 0 saturated heterocycles. The van der Waals surface area contributed by atoms with Crippen LogP contribution in [0.1, 0.15) is 26.3 Å². The van der Waals surface area contributed by atoms with Crippen LogP contribution in [-0.2, 0) is 11.2 Å². The van der Waals surface area contributed by atoms with E-state index in [0.717, 1.165) is 18.2 Å². The van der Waals surface area contributed by atoms with Crippen molar-refractivity contribution in [1.29, 1.82) is 0 Å². The van der Waals surface area contributed by atoms with E-state index >= 15 is 0 Å². The van der Waals surface area contributed by atoms with Crippen molar-refractivity contribution in [3.63, 3.8) is 0 Å². The van der Waals surface area contributed by atoms with Crippen LogP contribution in [0.5, 0.6) is 0 Å². The lowest BCUT2D eigenvalue weighted by Gasteiger charge is -2.08. The molecule has 1 aromatic heterocycles. The van der Waals surface area contributed by atoms with Crippen LogP contribution in [0.25, 0.3) is 0 Å². The van der Waals surface area contributed by atoms with Crippen molar-refractivity contribution in [2.75, 3.05) is 24.6 Å². The number of rotatable bonds is 8. The molecule has 0 aliphatic carbocycles. The van der Waals surface area contributed by atoms with E-state index < -0.39 is 29.0 Å². The van der Waals surface area contributed by atoms with Gasteiger partial charge in [0.05, 0.1) is 0 Å². The number of halogens is 2. The second kappa shape index (κ2) is 10.3. The summed E-state index contributed by atoms with van der Waals surface area (Å²) in [6.45, 7) is 3.44. The van der Waals surface area contributed by atoms with E-state index in [1.54, 1.807) is 24.3 Å². The van der Waals surface area contributed by atoms with E-state index in [1.807, 2.05) is 0 Å². The molecule has 3 aromatic rings. The van der Waals surface area contributed by atoms with Crippen LogP contribution in [0.4, 0.5) is 26.4 Å². The van der Waals surface area contributed by atoms with Crippen molar-refractivity contribution >= 4 is 35.3 Å². The van der Waals surface area contributed by atoms with Crippen molar-refractivity contribution in [2.45, 2.75) is 6.42 Å². The molecule has 0 saturated carbocycles. The summed E-state index contributed by atoms with van der Waals surface area (Å²) < 4.78 is 29.8. The maximum absolute atomic E-state index is 14.6. The third-order valence-electron chi connectivity index (χ3n) is 4.67. The number of carbonyl (C=O) groups is 3. The number of nitrogen functional groups attached to an aromatic ring is 1. The normalized spacial score (nSPS) is 10.4. The van der Waals surface area contributed by atoms with Gasteiger partial charge in [0.15, 0.2) is 0 Å². The lowest BCUT2D eigenvalue weighted by molar-refractivity contribution is -0.116. The number of amides is 2. The fourth-order valence-electron chi connectivity index (χ4n) is 2.99. The van der Waals surface area contributed by atoms with Gasteiger partial charge >= 0.3 is 0 Å². The van der Waals surface area contributed by atoms with Crippen LogP contribution >= 0.6 is 0 Å². The minimum absolute atomic E-state index is 0.0889. The Morgan fingerprint density at radius 3 is 2.38 bits per heavy atom. The van der Waals surface area contributed by atoms with Crippen LogP contribution in [0.2, 0.25) is 0 Å². The molecule has 3 rings (SSSR count). The van der Waals surface area contributed by atoms with Crippen LogP contribution in [0, 0.1) is 11.6 Å². The van der Waals surface area contributed by atoms with Crippen LogP contribution in [-0.4, -0.2) is 46.1 Å². The van der Waals surface area contributed by atoms with E-state index in [-0.39, 0.29) is 36.3 Å². The first kappa shape index (κ1) is 24.0. The van der Waals surface area contributed by atoms with Gasteiger partial charge in [-0.2, -0.15) is 9.67 Å². The fourth-order valence-corrected chi connectivity index (χ4v) is 2.99. The van der Waals surface area contributed by atoms with Crippen molar-refractivity contribution in [1.82, 2.24) is 25.4 Å². The number of carbonyl (C=O) groups excluding carboxylic acids is 3. The summed E-state index contributed by atoms with van der Waals surface area (Å²) in [5.41, 5.74) is 6.04. The minimum Gasteiger partial charge on any atom is -0.368 e. The molecule has 0 bridgehead atoms. The number of nitrogens with two attached hydrogens (primary N) is 1. The Labute approximate surface area is 192 Å². The van der Waals surface area contributed by atoms with E-state index in [2.05, 4.69) is 32.6 Å². The van der Waals surface area contributed by atoms with Gasteiger partial charge in [-0.15, -0.1) is 5.10 Å². The predicted molar refractivity (Wildman–Crippen MR) is 121 cm³/mol. The number of hydrogen-bond acceptors (Lipinski definition) is 7. The summed E-state index contributed by atoms with van der Waals surface area (Å²) in [5.74, 6) is -4.51. The SMILES string of the molecule is C=CC(=O)NCCc1cc(F)c(C(=O)n2nc(Nc3ccc(C(=O)NC)cc3)nc2N)c(F)c1.